The van der Waals surface area contributed by atoms with Gasteiger partial charge in [0.05, 0.1) is 16.8 Å². The zero-order chi connectivity index (χ0) is 23.1. The number of benzene rings is 1. The molecule has 0 atom stereocenters. The summed E-state index contributed by atoms with van der Waals surface area (Å²) in [6.45, 7) is 4.99. The summed E-state index contributed by atoms with van der Waals surface area (Å²) in [5.74, 6) is 0.330. The van der Waals surface area contributed by atoms with Crippen LogP contribution in [0, 0.1) is 6.92 Å². The second-order valence-corrected chi connectivity index (χ2v) is 9.79. The number of hydrogen-bond acceptors (Lipinski definition) is 6. The van der Waals surface area contributed by atoms with E-state index in [9.17, 15) is 14.4 Å². The van der Waals surface area contributed by atoms with Gasteiger partial charge in [0.2, 0.25) is 5.91 Å². The maximum Gasteiger partial charge on any atom is 0.262 e. The zero-order valence-electron chi connectivity index (χ0n) is 18.3. The van der Waals surface area contributed by atoms with Crippen molar-refractivity contribution >= 4 is 50.7 Å². The fourth-order valence-electron chi connectivity index (χ4n) is 4.51. The molecule has 4 heterocycles. The molecule has 172 valence electrons. The lowest BCUT2D eigenvalue weighted by molar-refractivity contribution is -0.130. The number of aryl methyl sites for hydroxylation is 2. The Bertz CT molecular complexity index is 1290. The van der Waals surface area contributed by atoms with E-state index in [-0.39, 0.29) is 23.9 Å². The molecule has 8 nitrogen and oxygen atoms in total. The van der Waals surface area contributed by atoms with Crippen LogP contribution < -0.4 is 15.8 Å². The summed E-state index contributed by atoms with van der Waals surface area (Å²) in [6, 6.07) is 7.67. The highest BCUT2D eigenvalue weighted by Gasteiger charge is 2.25. The van der Waals surface area contributed by atoms with Crippen LogP contribution in [-0.2, 0) is 17.8 Å². The summed E-state index contributed by atoms with van der Waals surface area (Å²) in [6.07, 6.45) is 1.70. The predicted octanol–water partition coefficient (Wildman–Crippen LogP) is 2.44. The average molecular weight is 486 g/mol. The molecule has 2 aliphatic rings. The Kier molecular flexibility index (Phi) is 5.84. The molecule has 0 bridgehead atoms. The molecule has 5 rings (SSSR count). The number of rotatable bonds is 4. The smallest absolute Gasteiger partial charge is 0.262 e. The Balaban J connectivity index is 1.21. The van der Waals surface area contributed by atoms with E-state index in [0.29, 0.717) is 45.3 Å². The van der Waals surface area contributed by atoms with Crippen LogP contribution in [0.2, 0.25) is 5.02 Å². The molecule has 0 spiro atoms. The molecule has 2 aromatic heterocycles. The van der Waals surface area contributed by atoms with Crippen LogP contribution in [0.25, 0.3) is 10.2 Å². The van der Waals surface area contributed by atoms with Crippen LogP contribution in [0.4, 0.5) is 5.69 Å². The zero-order valence-corrected chi connectivity index (χ0v) is 19.8. The highest BCUT2D eigenvalue weighted by molar-refractivity contribution is 7.20. The average Bonchev–Trinajstić information content (AvgIpc) is 3.43. The van der Waals surface area contributed by atoms with Gasteiger partial charge in [-0.3, -0.25) is 19.0 Å². The number of anilines is 1. The third-order valence-corrected chi connectivity index (χ3v) is 7.78. The second kappa shape index (κ2) is 8.79. The van der Waals surface area contributed by atoms with Crippen LogP contribution in [0.15, 0.2) is 29.1 Å². The molecular formula is C23H24ClN5O3S. The van der Waals surface area contributed by atoms with Gasteiger partial charge in [-0.05, 0) is 43.2 Å². The minimum Gasteiger partial charge on any atom is -0.368 e. The number of carbonyl (C=O) groups excluding carboxylic acids is 2. The van der Waals surface area contributed by atoms with E-state index >= 15 is 0 Å². The third-order valence-electron chi connectivity index (χ3n) is 6.34. The molecule has 10 heteroatoms. The summed E-state index contributed by atoms with van der Waals surface area (Å²) in [4.78, 5) is 47.9. The molecule has 2 amide bonds. The fraction of sp³-hybridized carbons (Fsp3) is 0.391. The Morgan fingerprint density at radius 1 is 1.12 bits per heavy atom. The lowest BCUT2D eigenvalue weighted by Crippen LogP contribution is -2.51. The number of piperazine rings is 1. The molecule has 2 aliphatic heterocycles. The molecule has 33 heavy (non-hydrogen) atoms. The third kappa shape index (κ3) is 4.11. The molecule has 0 unspecified atom stereocenters. The van der Waals surface area contributed by atoms with Crippen molar-refractivity contribution in [3.63, 3.8) is 0 Å². The van der Waals surface area contributed by atoms with Gasteiger partial charge in [0.15, 0.2) is 0 Å². The lowest BCUT2D eigenvalue weighted by Gasteiger charge is -2.36. The summed E-state index contributed by atoms with van der Waals surface area (Å²) < 4.78 is 1.71. The van der Waals surface area contributed by atoms with Gasteiger partial charge in [-0.1, -0.05) is 11.6 Å². The van der Waals surface area contributed by atoms with Gasteiger partial charge in [-0.25, -0.2) is 4.98 Å². The van der Waals surface area contributed by atoms with Crippen LogP contribution >= 0.6 is 22.9 Å². The normalized spacial score (nSPS) is 15.7. The number of thiophene rings is 1. The van der Waals surface area contributed by atoms with Gasteiger partial charge >= 0.3 is 0 Å². The number of fused-ring (bicyclic) bond motifs is 2. The number of nitrogens with one attached hydrogen (secondary N) is 1. The molecule has 0 saturated carbocycles. The molecule has 3 aromatic rings. The quantitative estimate of drug-likeness (QED) is 0.613. The topological polar surface area (TPSA) is 87.5 Å². The SMILES string of the molecule is Cc1c(C(=O)NCC(=O)N2CCN(c3ccc(Cl)cc3)CC2)sc2nc3n(c(=O)c12)CCC3. The minimum absolute atomic E-state index is 0.0730. The molecule has 1 saturated heterocycles. The number of amides is 2. The predicted molar refractivity (Wildman–Crippen MR) is 130 cm³/mol. The molecule has 1 fully saturated rings. The van der Waals surface area contributed by atoms with Crippen molar-refractivity contribution in [3.05, 3.63) is 55.9 Å². The van der Waals surface area contributed by atoms with Crippen molar-refractivity contribution in [1.82, 2.24) is 19.8 Å². The molecule has 1 aromatic carbocycles. The monoisotopic (exact) mass is 485 g/mol. The minimum atomic E-state index is -0.340. The molecule has 0 aliphatic carbocycles. The highest BCUT2D eigenvalue weighted by atomic mass is 35.5. The van der Waals surface area contributed by atoms with Gasteiger partial charge in [0.25, 0.3) is 11.5 Å². The standard InChI is InChI=1S/C23H24ClN5O3S/c1-14-19-22(26-17-3-2-8-29(17)23(19)32)33-20(14)21(31)25-13-18(30)28-11-9-27(10-12-28)16-6-4-15(24)5-7-16/h4-7H,2-3,8-13H2,1H3,(H,25,31). The van der Waals surface area contributed by atoms with E-state index in [1.54, 1.807) is 16.4 Å². The largest absolute Gasteiger partial charge is 0.368 e. The molecular weight excluding hydrogens is 462 g/mol. The van der Waals surface area contributed by atoms with Gasteiger partial charge < -0.3 is 15.1 Å². The van der Waals surface area contributed by atoms with Crippen molar-refractivity contribution in [2.75, 3.05) is 37.6 Å². The highest BCUT2D eigenvalue weighted by Crippen LogP contribution is 2.28. The molecule has 0 radical (unpaired) electrons. The lowest BCUT2D eigenvalue weighted by atomic mass is 10.2. The van der Waals surface area contributed by atoms with E-state index in [4.69, 9.17) is 11.6 Å². The summed E-state index contributed by atoms with van der Waals surface area (Å²) in [5, 5.41) is 3.95. The number of carbonyl (C=O) groups is 2. The van der Waals surface area contributed by atoms with Crippen molar-refractivity contribution < 1.29 is 9.59 Å². The van der Waals surface area contributed by atoms with Crippen LogP contribution in [0.3, 0.4) is 0 Å². The van der Waals surface area contributed by atoms with Crippen LogP contribution in [0.5, 0.6) is 0 Å². The van der Waals surface area contributed by atoms with Crippen molar-refractivity contribution in [2.24, 2.45) is 0 Å². The van der Waals surface area contributed by atoms with Crippen LogP contribution in [-0.4, -0.2) is 59.0 Å². The Morgan fingerprint density at radius 2 is 1.85 bits per heavy atom. The van der Waals surface area contributed by atoms with Gasteiger partial charge in [-0.15, -0.1) is 11.3 Å². The second-order valence-electron chi connectivity index (χ2n) is 8.35. The summed E-state index contributed by atoms with van der Waals surface area (Å²) >= 11 is 7.18. The maximum atomic E-state index is 12.8. The van der Waals surface area contributed by atoms with Crippen molar-refractivity contribution in [3.8, 4) is 0 Å². The van der Waals surface area contributed by atoms with E-state index in [2.05, 4.69) is 15.2 Å². The number of aromatic nitrogens is 2. The number of nitrogens with zero attached hydrogens (tertiary/aromatic N) is 4. The van der Waals surface area contributed by atoms with E-state index in [1.807, 2.05) is 24.3 Å². The van der Waals surface area contributed by atoms with Crippen molar-refractivity contribution in [2.45, 2.75) is 26.3 Å². The first-order chi connectivity index (χ1) is 15.9. The first-order valence-electron chi connectivity index (χ1n) is 11.0. The van der Waals surface area contributed by atoms with Gasteiger partial charge in [0.1, 0.15) is 10.7 Å². The summed E-state index contributed by atoms with van der Waals surface area (Å²) in [5.41, 5.74) is 1.64. The maximum absolute atomic E-state index is 12.8. The Morgan fingerprint density at radius 3 is 2.58 bits per heavy atom. The van der Waals surface area contributed by atoms with E-state index in [1.165, 1.54) is 11.3 Å². The Labute approximate surface area is 199 Å². The number of halogens is 1. The van der Waals surface area contributed by atoms with E-state index < -0.39 is 0 Å². The first-order valence-corrected chi connectivity index (χ1v) is 12.2. The summed E-state index contributed by atoms with van der Waals surface area (Å²) in [7, 11) is 0. The van der Waals surface area contributed by atoms with Gasteiger partial charge in [-0.2, -0.15) is 0 Å². The van der Waals surface area contributed by atoms with Crippen LogP contribution in [0.1, 0.15) is 27.5 Å². The molecule has 1 N–H and O–H groups in total. The van der Waals surface area contributed by atoms with Gasteiger partial charge in [0, 0.05) is 49.9 Å². The first kappa shape index (κ1) is 21.9. The van der Waals surface area contributed by atoms with Crippen molar-refractivity contribution in [1.29, 1.82) is 0 Å². The van der Waals surface area contributed by atoms with E-state index in [0.717, 1.165) is 37.4 Å². The fourth-order valence-corrected chi connectivity index (χ4v) is 5.74. The number of hydrogen-bond donors (Lipinski definition) is 1. The Hall–Kier alpha value is -2.91.